The highest BCUT2D eigenvalue weighted by Crippen LogP contribution is 2.20. The number of carbonyl (C=O) groups is 2. The van der Waals surface area contributed by atoms with Crippen LogP contribution in [0.2, 0.25) is 0 Å². The Balaban J connectivity index is 1.59. The normalized spacial score (nSPS) is 11.5. The first-order chi connectivity index (χ1) is 14.4. The van der Waals surface area contributed by atoms with Gasteiger partial charge in [-0.15, -0.1) is 0 Å². The molecular formula is C20H20N6O4. The third-order valence-electron chi connectivity index (χ3n) is 4.75. The lowest BCUT2D eigenvalue weighted by Crippen LogP contribution is -2.39. The number of nitrogens with one attached hydrogen (secondary N) is 1. The molecule has 0 aliphatic carbocycles. The van der Waals surface area contributed by atoms with Crippen molar-refractivity contribution in [2.24, 2.45) is 0 Å². The van der Waals surface area contributed by atoms with Crippen molar-refractivity contribution in [2.45, 2.75) is 13.0 Å². The third-order valence-corrected chi connectivity index (χ3v) is 4.75. The van der Waals surface area contributed by atoms with Gasteiger partial charge in [-0.2, -0.15) is 5.10 Å². The van der Waals surface area contributed by atoms with Crippen LogP contribution >= 0.6 is 0 Å². The summed E-state index contributed by atoms with van der Waals surface area (Å²) < 4.78 is 1.63. The fourth-order valence-electron chi connectivity index (χ4n) is 2.83. The van der Waals surface area contributed by atoms with Crippen LogP contribution in [0.1, 0.15) is 28.9 Å². The molecule has 0 spiro atoms. The minimum absolute atomic E-state index is 0.122. The highest BCUT2D eigenvalue weighted by molar-refractivity contribution is 5.97. The summed E-state index contributed by atoms with van der Waals surface area (Å²) in [4.78, 5) is 40.4. The molecule has 3 rings (SSSR count). The van der Waals surface area contributed by atoms with E-state index < -0.39 is 10.8 Å². The molecule has 10 heteroatoms. The van der Waals surface area contributed by atoms with Gasteiger partial charge in [-0.05, 0) is 30.7 Å². The zero-order valence-corrected chi connectivity index (χ0v) is 16.4. The summed E-state index contributed by atoms with van der Waals surface area (Å²) in [6.07, 6.45) is 3.04. The maximum absolute atomic E-state index is 12.5. The van der Waals surface area contributed by atoms with E-state index in [9.17, 15) is 19.7 Å². The molecule has 0 saturated carbocycles. The van der Waals surface area contributed by atoms with Crippen molar-refractivity contribution in [2.75, 3.05) is 13.6 Å². The Hall–Kier alpha value is -4.08. The van der Waals surface area contributed by atoms with Crippen LogP contribution in [0, 0.1) is 10.1 Å². The molecule has 0 unspecified atom stereocenters. The van der Waals surface area contributed by atoms with Gasteiger partial charge < -0.3 is 10.2 Å². The Morgan fingerprint density at radius 2 is 1.97 bits per heavy atom. The molecule has 0 fully saturated rings. The topological polar surface area (TPSA) is 123 Å². The van der Waals surface area contributed by atoms with Crippen LogP contribution in [-0.2, 0) is 4.79 Å². The number of aromatic nitrogens is 3. The van der Waals surface area contributed by atoms with Crippen molar-refractivity contribution >= 4 is 17.5 Å². The van der Waals surface area contributed by atoms with E-state index in [0.717, 1.165) is 11.3 Å². The van der Waals surface area contributed by atoms with Crippen LogP contribution in [-0.4, -0.2) is 50.0 Å². The van der Waals surface area contributed by atoms with E-state index >= 15 is 0 Å². The summed E-state index contributed by atoms with van der Waals surface area (Å²) in [5.41, 5.74) is 1.70. The Morgan fingerprint density at radius 1 is 1.23 bits per heavy atom. The first-order valence-corrected chi connectivity index (χ1v) is 9.10. The number of hydrogen-bond donors (Lipinski definition) is 1. The molecule has 0 saturated heterocycles. The van der Waals surface area contributed by atoms with Gasteiger partial charge in [-0.25, -0.2) is 9.67 Å². The molecule has 1 atom stereocenters. The minimum atomic E-state index is -0.578. The average Bonchev–Trinajstić information content (AvgIpc) is 3.31. The van der Waals surface area contributed by atoms with Gasteiger partial charge in [0.25, 0.3) is 11.6 Å². The summed E-state index contributed by atoms with van der Waals surface area (Å²) in [6.45, 7) is 1.66. The molecule has 1 heterocycles. The van der Waals surface area contributed by atoms with Crippen LogP contribution in [0.25, 0.3) is 5.69 Å². The molecule has 2 aromatic carbocycles. The van der Waals surface area contributed by atoms with E-state index in [2.05, 4.69) is 15.4 Å². The Morgan fingerprint density at radius 3 is 2.60 bits per heavy atom. The molecule has 30 heavy (non-hydrogen) atoms. The number of carbonyl (C=O) groups excluding carboxylic acids is 2. The molecule has 0 bridgehead atoms. The highest BCUT2D eigenvalue weighted by atomic mass is 16.6. The minimum Gasteiger partial charge on any atom is -0.343 e. The quantitative estimate of drug-likeness (QED) is 0.472. The fraction of sp³-hybridized carbons (Fsp3) is 0.200. The number of rotatable bonds is 7. The van der Waals surface area contributed by atoms with Crippen LogP contribution in [0.5, 0.6) is 0 Å². The number of non-ortho nitro benzene ring substituents is 1. The molecule has 0 aliphatic heterocycles. The Kier molecular flexibility index (Phi) is 6.16. The maximum atomic E-state index is 12.5. The molecule has 0 aliphatic rings. The summed E-state index contributed by atoms with van der Waals surface area (Å²) in [7, 11) is 1.65. The van der Waals surface area contributed by atoms with Gasteiger partial charge in [0.15, 0.2) is 0 Å². The van der Waals surface area contributed by atoms with Crippen molar-refractivity contribution in [3.63, 3.8) is 0 Å². The average molecular weight is 408 g/mol. The number of nitrogens with zero attached hydrogens (tertiary/aromatic N) is 5. The first kappa shape index (κ1) is 20.6. The molecule has 154 valence electrons. The second kappa shape index (κ2) is 8.95. The van der Waals surface area contributed by atoms with Crippen molar-refractivity contribution in [3.8, 4) is 5.69 Å². The van der Waals surface area contributed by atoms with E-state index in [0.29, 0.717) is 0 Å². The van der Waals surface area contributed by atoms with Gasteiger partial charge in [0.1, 0.15) is 12.7 Å². The SMILES string of the molecule is C[C@H](c1ccc(-n2cncn2)cc1)N(C)C(=O)CNC(=O)c1cccc([N+](=O)[O-])c1. The Bertz CT molecular complexity index is 1050. The van der Waals surface area contributed by atoms with Gasteiger partial charge >= 0.3 is 0 Å². The van der Waals surface area contributed by atoms with Gasteiger partial charge in [-0.1, -0.05) is 18.2 Å². The zero-order chi connectivity index (χ0) is 21.7. The van der Waals surface area contributed by atoms with E-state index in [1.807, 2.05) is 31.2 Å². The van der Waals surface area contributed by atoms with Crippen LogP contribution in [0.15, 0.2) is 61.2 Å². The molecule has 1 N–H and O–H groups in total. The monoisotopic (exact) mass is 408 g/mol. The van der Waals surface area contributed by atoms with E-state index in [-0.39, 0.29) is 29.7 Å². The molecule has 1 aromatic heterocycles. The van der Waals surface area contributed by atoms with E-state index in [1.54, 1.807) is 18.1 Å². The lowest BCUT2D eigenvalue weighted by Gasteiger charge is -2.25. The van der Waals surface area contributed by atoms with Crippen molar-refractivity contribution in [1.29, 1.82) is 0 Å². The summed E-state index contributed by atoms with van der Waals surface area (Å²) in [6, 6.07) is 12.7. The van der Waals surface area contributed by atoms with Crippen molar-refractivity contribution in [1.82, 2.24) is 25.0 Å². The lowest BCUT2D eigenvalue weighted by molar-refractivity contribution is -0.384. The summed E-state index contributed by atoms with van der Waals surface area (Å²) >= 11 is 0. The zero-order valence-electron chi connectivity index (χ0n) is 16.4. The molecule has 0 radical (unpaired) electrons. The maximum Gasteiger partial charge on any atom is 0.270 e. The van der Waals surface area contributed by atoms with Gasteiger partial charge in [0.2, 0.25) is 5.91 Å². The first-order valence-electron chi connectivity index (χ1n) is 9.10. The van der Waals surface area contributed by atoms with Gasteiger partial charge in [-0.3, -0.25) is 19.7 Å². The number of nitro groups is 1. The molecule has 3 aromatic rings. The smallest absolute Gasteiger partial charge is 0.270 e. The van der Waals surface area contributed by atoms with Gasteiger partial charge in [0.05, 0.1) is 23.2 Å². The number of amides is 2. The predicted molar refractivity (Wildman–Crippen MR) is 108 cm³/mol. The highest BCUT2D eigenvalue weighted by Gasteiger charge is 2.19. The van der Waals surface area contributed by atoms with Crippen LogP contribution in [0.4, 0.5) is 5.69 Å². The number of nitro benzene ring substituents is 1. The molecular weight excluding hydrogens is 388 g/mol. The number of benzene rings is 2. The van der Waals surface area contributed by atoms with Crippen LogP contribution < -0.4 is 5.32 Å². The largest absolute Gasteiger partial charge is 0.343 e. The van der Waals surface area contributed by atoms with Crippen LogP contribution in [0.3, 0.4) is 0 Å². The van der Waals surface area contributed by atoms with Gasteiger partial charge in [0, 0.05) is 24.7 Å². The van der Waals surface area contributed by atoms with E-state index in [1.165, 1.54) is 35.5 Å². The standard InChI is InChI=1S/C20H20N6O4/c1-14(15-6-8-17(9-7-15)25-13-21-12-23-25)24(2)19(27)11-22-20(28)16-4-3-5-18(10-16)26(29)30/h3-10,12-14H,11H2,1-2H3,(H,22,28)/t14-/m1/s1. The molecule has 10 nitrogen and oxygen atoms in total. The Labute approximate surface area is 172 Å². The third kappa shape index (κ3) is 4.66. The lowest BCUT2D eigenvalue weighted by atomic mass is 10.1. The fourth-order valence-corrected chi connectivity index (χ4v) is 2.83. The second-order valence-corrected chi connectivity index (χ2v) is 6.60. The summed E-state index contributed by atoms with van der Waals surface area (Å²) in [5.74, 6) is -0.841. The molecule has 2 amide bonds. The number of likely N-dealkylation sites (N-methyl/N-ethyl adjacent to an activating group) is 1. The second-order valence-electron chi connectivity index (χ2n) is 6.60. The van der Waals surface area contributed by atoms with Crippen molar-refractivity contribution < 1.29 is 14.5 Å². The predicted octanol–water partition coefficient (Wildman–Crippen LogP) is 2.12. The van der Waals surface area contributed by atoms with E-state index in [4.69, 9.17) is 0 Å². The number of hydrogen-bond acceptors (Lipinski definition) is 6. The summed E-state index contributed by atoms with van der Waals surface area (Å²) in [5, 5.41) is 17.4. The van der Waals surface area contributed by atoms with Crippen molar-refractivity contribution in [3.05, 3.63) is 82.4 Å².